The third-order valence-corrected chi connectivity index (χ3v) is 1.95. The molecule has 1 rings (SSSR count). The van der Waals surface area contributed by atoms with Gasteiger partial charge in [-0.25, -0.2) is 4.79 Å². The van der Waals surface area contributed by atoms with E-state index in [0.29, 0.717) is 0 Å². The number of nitrogens with one attached hydrogen (secondary N) is 1. The molecule has 1 fully saturated rings. The van der Waals surface area contributed by atoms with Crippen molar-refractivity contribution in [3.8, 4) is 0 Å². The van der Waals surface area contributed by atoms with E-state index in [1.54, 1.807) is 13.8 Å². The van der Waals surface area contributed by atoms with Crippen LogP contribution in [0.2, 0.25) is 0 Å². The van der Waals surface area contributed by atoms with Gasteiger partial charge in [0.05, 0.1) is 6.04 Å². The Labute approximate surface area is 79.6 Å². The van der Waals surface area contributed by atoms with E-state index in [9.17, 15) is 18.0 Å². The summed E-state index contributed by atoms with van der Waals surface area (Å²) in [5.74, 6) is 0.0758. The van der Waals surface area contributed by atoms with Gasteiger partial charge in [0, 0.05) is 0 Å². The first-order valence-corrected chi connectivity index (χ1v) is 4.34. The van der Waals surface area contributed by atoms with E-state index in [2.05, 4.69) is 10.1 Å². The van der Waals surface area contributed by atoms with Gasteiger partial charge in [-0.1, -0.05) is 13.8 Å². The van der Waals surface area contributed by atoms with E-state index in [0.717, 1.165) is 0 Å². The number of ether oxygens (including phenoxy) is 1. The van der Waals surface area contributed by atoms with Crippen LogP contribution in [0.1, 0.15) is 20.3 Å². The van der Waals surface area contributed by atoms with E-state index in [1.165, 1.54) is 0 Å². The molecular formula is C8H12F3NO2. The van der Waals surface area contributed by atoms with Crippen LogP contribution in [0.4, 0.5) is 18.0 Å². The zero-order chi connectivity index (χ0) is 10.9. The van der Waals surface area contributed by atoms with Gasteiger partial charge in [0.25, 0.3) is 0 Å². The molecule has 0 saturated carbocycles. The highest BCUT2D eigenvalue weighted by Gasteiger charge is 2.52. The largest absolute Gasteiger partial charge is 0.434 e. The van der Waals surface area contributed by atoms with E-state index in [-0.39, 0.29) is 12.3 Å². The number of alkyl carbamates (subject to hydrolysis) is 1. The number of carbonyl (C=O) groups excluding carboxylic acids is 1. The second-order valence-corrected chi connectivity index (χ2v) is 3.75. The Morgan fingerprint density at radius 2 is 2.07 bits per heavy atom. The van der Waals surface area contributed by atoms with E-state index < -0.39 is 24.4 Å². The molecule has 0 aromatic heterocycles. The molecule has 0 radical (unpaired) electrons. The molecule has 1 N–H and O–H groups in total. The van der Waals surface area contributed by atoms with E-state index in [1.807, 2.05) is 0 Å². The van der Waals surface area contributed by atoms with Gasteiger partial charge in [-0.3, -0.25) is 0 Å². The number of carbonyl (C=O) groups is 1. The lowest BCUT2D eigenvalue weighted by molar-refractivity contribution is -0.200. The van der Waals surface area contributed by atoms with Crippen LogP contribution in [-0.4, -0.2) is 24.4 Å². The van der Waals surface area contributed by atoms with Crippen LogP contribution < -0.4 is 5.32 Å². The molecule has 6 heteroatoms. The Bertz CT molecular complexity index is 227. The Morgan fingerprint density at radius 1 is 1.50 bits per heavy atom. The molecule has 1 aliphatic rings. The van der Waals surface area contributed by atoms with Gasteiger partial charge < -0.3 is 10.1 Å². The predicted octanol–water partition coefficient (Wildman–Crippen LogP) is 2.07. The molecule has 2 atom stereocenters. The van der Waals surface area contributed by atoms with Crippen molar-refractivity contribution >= 4 is 6.09 Å². The predicted molar refractivity (Wildman–Crippen MR) is 42.7 cm³/mol. The van der Waals surface area contributed by atoms with Crippen molar-refractivity contribution in [1.29, 1.82) is 0 Å². The SMILES string of the molecule is CC(C)C[C@@H]1NC(=O)O[C@@H]1C(F)(F)F. The summed E-state index contributed by atoms with van der Waals surface area (Å²) >= 11 is 0. The third-order valence-electron chi connectivity index (χ3n) is 1.95. The fourth-order valence-corrected chi connectivity index (χ4v) is 1.44. The molecule has 3 nitrogen and oxygen atoms in total. The van der Waals surface area contributed by atoms with Gasteiger partial charge in [-0.2, -0.15) is 13.2 Å². The van der Waals surface area contributed by atoms with Crippen molar-refractivity contribution in [3.05, 3.63) is 0 Å². The van der Waals surface area contributed by atoms with Gasteiger partial charge in [0.15, 0.2) is 0 Å². The Hall–Kier alpha value is -0.940. The topological polar surface area (TPSA) is 38.3 Å². The lowest BCUT2D eigenvalue weighted by atomic mass is 10.00. The molecular weight excluding hydrogens is 199 g/mol. The highest BCUT2D eigenvalue weighted by molar-refractivity contribution is 5.70. The fourth-order valence-electron chi connectivity index (χ4n) is 1.44. The zero-order valence-corrected chi connectivity index (χ0v) is 7.89. The number of alkyl halides is 3. The zero-order valence-electron chi connectivity index (χ0n) is 7.89. The number of rotatable bonds is 2. The minimum absolute atomic E-state index is 0.0758. The van der Waals surface area contributed by atoms with Crippen LogP contribution in [0.5, 0.6) is 0 Å². The molecule has 0 aliphatic carbocycles. The van der Waals surface area contributed by atoms with E-state index >= 15 is 0 Å². The Balaban J connectivity index is 2.68. The molecule has 1 heterocycles. The molecule has 0 bridgehead atoms. The average molecular weight is 211 g/mol. The van der Waals surface area contributed by atoms with Crippen LogP contribution in [0.3, 0.4) is 0 Å². The molecule has 0 aromatic rings. The lowest BCUT2D eigenvalue weighted by Gasteiger charge is -2.20. The summed E-state index contributed by atoms with van der Waals surface area (Å²) in [5.41, 5.74) is 0. The minimum Gasteiger partial charge on any atom is -0.434 e. The van der Waals surface area contributed by atoms with Gasteiger partial charge in [-0.15, -0.1) is 0 Å². The lowest BCUT2D eigenvalue weighted by Crippen LogP contribution is -2.41. The maximum absolute atomic E-state index is 12.3. The fraction of sp³-hybridized carbons (Fsp3) is 0.875. The number of hydrogen-bond donors (Lipinski definition) is 1. The minimum atomic E-state index is -4.49. The van der Waals surface area contributed by atoms with Crippen molar-refractivity contribution in [3.63, 3.8) is 0 Å². The van der Waals surface area contributed by atoms with Crippen molar-refractivity contribution in [2.75, 3.05) is 0 Å². The number of amides is 1. The van der Waals surface area contributed by atoms with Crippen LogP contribution >= 0.6 is 0 Å². The number of hydrogen-bond acceptors (Lipinski definition) is 2. The highest BCUT2D eigenvalue weighted by Crippen LogP contribution is 2.30. The van der Waals surface area contributed by atoms with Crippen LogP contribution in [-0.2, 0) is 4.74 Å². The third kappa shape index (κ3) is 2.52. The quantitative estimate of drug-likeness (QED) is 0.759. The first kappa shape index (κ1) is 11.1. The molecule has 1 aliphatic heterocycles. The second-order valence-electron chi connectivity index (χ2n) is 3.75. The summed E-state index contributed by atoms with van der Waals surface area (Å²) in [5, 5.41) is 2.16. The van der Waals surface area contributed by atoms with Crippen molar-refractivity contribution < 1.29 is 22.7 Å². The Kier molecular flexibility index (Phi) is 2.92. The molecule has 0 unspecified atom stereocenters. The molecule has 0 aromatic carbocycles. The first-order valence-electron chi connectivity index (χ1n) is 4.34. The summed E-state index contributed by atoms with van der Waals surface area (Å²) in [6.07, 6.45) is -7.22. The summed E-state index contributed by atoms with van der Waals surface area (Å²) in [6.45, 7) is 3.58. The molecule has 1 saturated heterocycles. The summed E-state index contributed by atoms with van der Waals surface area (Å²) in [6, 6.07) is -0.956. The van der Waals surface area contributed by atoms with Gasteiger partial charge in [0.2, 0.25) is 6.10 Å². The average Bonchev–Trinajstić information content (AvgIpc) is 2.28. The first-order chi connectivity index (χ1) is 6.30. The van der Waals surface area contributed by atoms with Crippen LogP contribution in [0, 0.1) is 5.92 Å². The van der Waals surface area contributed by atoms with Crippen LogP contribution in [0.25, 0.3) is 0 Å². The smallest absolute Gasteiger partial charge is 0.427 e. The monoisotopic (exact) mass is 211 g/mol. The van der Waals surface area contributed by atoms with Crippen molar-refractivity contribution in [2.24, 2.45) is 5.92 Å². The Morgan fingerprint density at radius 3 is 2.50 bits per heavy atom. The maximum Gasteiger partial charge on any atom is 0.427 e. The number of halogens is 3. The van der Waals surface area contributed by atoms with Gasteiger partial charge in [-0.05, 0) is 12.3 Å². The summed E-state index contributed by atoms with van der Waals surface area (Å²) < 4.78 is 41.1. The van der Waals surface area contributed by atoms with Crippen LogP contribution in [0.15, 0.2) is 0 Å². The van der Waals surface area contributed by atoms with Crippen molar-refractivity contribution in [2.45, 2.75) is 38.6 Å². The summed E-state index contributed by atoms with van der Waals surface area (Å²) in [4.78, 5) is 10.7. The van der Waals surface area contributed by atoms with E-state index in [4.69, 9.17) is 0 Å². The molecule has 0 spiro atoms. The molecule has 1 amide bonds. The standard InChI is InChI=1S/C8H12F3NO2/c1-4(2)3-5-6(8(9,10)11)14-7(13)12-5/h4-6H,3H2,1-2H3,(H,12,13)/t5-,6-/m0/s1. The van der Waals surface area contributed by atoms with Gasteiger partial charge >= 0.3 is 12.3 Å². The number of cyclic esters (lactones) is 1. The van der Waals surface area contributed by atoms with Crippen molar-refractivity contribution in [1.82, 2.24) is 5.32 Å². The highest BCUT2D eigenvalue weighted by atomic mass is 19.4. The van der Waals surface area contributed by atoms with Gasteiger partial charge in [0.1, 0.15) is 0 Å². The second kappa shape index (κ2) is 3.67. The maximum atomic E-state index is 12.3. The summed E-state index contributed by atoms with van der Waals surface area (Å²) in [7, 11) is 0. The molecule has 14 heavy (non-hydrogen) atoms. The molecule has 82 valence electrons. The normalized spacial score (nSPS) is 27.7.